The van der Waals surface area contributed by atoms with Crippen LogP contribution in [-0.4, -0.2) is 47.6 Å². The predicted octanol–water partition coefficient (Wildman–Crippen LogP) is 9.88. The highest BCUT2D eigenvalue weighted by atomic mass is 16.4. The Bertz CT molecular complexity index is 1740. The van der Waals surface area contributed by atoms with Gasteiger partial charge in [-0.3, -0.25) is 4.99 Å². The number of nitrogens with zero attached hydrogens (tertiary/aromatic N) is 3. The smallest absolute Gasteiger partial charge is 0.330 e. The van der Waals surface area contributed by atoms with Crippen LogP contribution in [0, 0.1) is 13.8 Å². The van der Waals surface area contributed by atoms with E-state index in [9.17, 15) is 15.0 Å². The quantitative estimate of drug-likeness (QED) is 0.219. The number of aliphatic hydroxyl groups is 1. The summed E-state index contributed by atoms with van der Waals surface area (Å²) in [6.45, 7) is 19.4. The molecule has 6 nitrogen and oxygen atoms in total. The van der Waals surface area contributed by atoms with Crippen LogP contribution in [0.25, 0.3) is 0 Å². The maximum atomic E-state index is 12.2. The second kappa shape index (κ2) is 15.6. The summed E-state index contributed by atoms with van der Waals surface area (Å²) in [5, 5.41) is 20.1. The van der Waals surface area contributed by atoms with Crippen molar-refractivity contribution in [3.63, 3.8) is 0 Å². The van der Waals surface area contributed by atoms with Gasteiger partial charge in [-0.1, -0.05) is 108 Å². The Morgan fingerprint density at radius 3 is 1.70 bits per heavy atom. The molecule has 1 fully saturated rings. The van der Waals surface area contributed by atoms with Gasteiger partial charge in [-0.15, -0.1) is 0 Å². The van der Waals surface area contributed by atoms with Crippen LogP contribution in [0.2, 0.25) is 0 Å². The van der Waals surface area contributed by atoms with Gasteiger partial charge in [0.2, 0.25) is 0 Å². The van der Waals surface area contributed by atoms with E-state index >= 15 is 0 Å². The van der Waals surface area contributed by atoms with E-state index in [4.69, 9.17) is 4.99 Å². The molecular formula is C44H59N3O3. The molecule has 2 aromatic carbocycles. The van der Waals surface area contributed by atoms with Crippen LogP contribution in [0.5, 0.6) is 0 Å². The molecule has 0 aromatic heterocycles. The standard InChI is InChI=1S/C44H59N3O3/c1-9-11-13-26-47-38-22-18-31(4)28-35(38)44(7,8)40(47)24-20-33-16-14-15-32(41(33)45-36(29-48)42(49)50)19-23-39-43(5,6)34-27-30(3)17-21-37(34)46(39)25-12-10-2/h17-24,27-28,36,48H,9-16,25-26,29H2,1-8H3,(H,49,50)/b32-19?,33-20+,39-23?,40-24-,45-41?. The minimum atomic E-state index is -1.22. The molecule has 0 radical (unpaired) electrons. The van der Waals surface area contributed by atoms with E-state index in [2.05, 4.69) is 126 Å². The Hall–Kier alpha value is -3.90. The lowest BCUT2D eigenvalue weighted by molar-refractivity contribution is -0.139. The average Bonchev–Trinajstić information content (AvgIpc) is 3.41. The number of hydrogen-bond acceptors (Lipinski definition) is 5. The zero-order valence-electron chi connectivity index (χ0n) is 31.8. The van der Waals surface area contributed by atoms with Crippen molar-refractivity contribution in [1.82, 2.24) is 0 Å². The molecule has 5 rings (SSSR count). The van der Waals surface area contributed by atoms with Crippen molar-refractivity contribution in [2.24, 2.45) is 4.99 Å². The Morgan fingerprint density at radius 2 is 1.26 bits per heavy atom. The molecular weight excluding hydrogens is 619 g/mol. The number of aryl methyl sites for hydroxylation is 2. The summed E-state index contributed by atoms with van der Waals surface area (Å²) in [5.74, 6) is -1.11. The molecule has 2 aliphatic heterocycles. The van der Waals surface area contributed by atoms with E-state index in [1.54, 1.807) is 0 Å². The van der Waals surface area contributed by atoms with Crippen LogP contribution in [0.4, 0.5) is 11.4 Å². The van der Waals surface area contributed by atoms with Crippen molar-refractivity contribution in [1.29, 1.82) is 0 Å². The number of aliphatic imine (C=N–C) groups is 1. The number of carboxylic acids is 1. The summed E-state index contributed by atoms with van der Waals surface area (Å²) in [7, 11) is 0. The molecule has 1 atom stereocenters. The van der Waals surface area contributed by atoms with Crippen LogP contribution >= 0.6 is 0 Å². The molecule has 1 aliphatic carbocycles. The van der Waals surface area contributed by atoms with E-state index in [1.807, 2.05) is 0 Å². The topological polar surface area (TPSA) is 76.4 Å². The molecule has 2 aromatic rings. The number of fused-ring (bicyclic) bond motifs is 2. The normalized spacial score (nSPS) is 22.6. The fourth-order valence-corrected chi connectivity index (χ4v) is 7.99. The number of hydrogen-bond donors (Lipinski definition) is 2. The van der Waals surface area contributed by atoms with Gasteiger partial charge in [0, 0.05) is 46.7 Å². The summed E-state index contributed by atoms with van der Waals surface area (Å²) in [6.07, 6.45) is 17.1. The van der Waals surface area contributed by atoms with Crippen molar-refractivity contribution in [3.8, 4) is 0 Å². The Labute approximate surface area is 301 Å². The summed E-state index contributed by atoms with van der Waals surface area (Å²) in [4.78, 5) is 21.9. The van der Waals surface area contributed by atoms with E-state index in [-0.39, 0.29) is 10.8 Å². The number of benzene rings is 2. The molecule has 268 valence electrons. The van der Waals surface area contributed by atoms with Crippen molar-refractivity contribution < 1.29 is 15.0 Å². The lowest BCUT2D eigenvalue weighted by Gasteiger charge is -2.28. The molecule has 0 saturated heterocycles. The van der Waals surface area contributed by atoms with Crippen molar-refractivity contribution in [3.05, 3.63) is 105 Å². The molecule has 0 bridgehead atoms. The number of carbonyl (C=O) groups is 1. The third-order valence-corrected chi connectivity index (χ3v) is 10.9. The van der Waals surface area contributed by atoms with Crippen LogP contribution < -0.4 is 9.80 Å². The van der Waals surface area contributed by atoms with Crippen LogP contribution in [0.1, 0.15) is 115 Å². The summed E-state index contributed by atoms with van der Waals surface area (Å²) in [6, 6.07) is 12.4. The monoisotopic (exact) mass is 677 g/mol. The minimum absolute atomic E-state index is 0.182. The first-order valence-corrected chi connectivity index (χ1v) is 18.9. The Morgan fingerprint density at radius 1 is 0.780 bits per heavy atom. The second-order valence-electron chi connectivity index (χ2n) is 15.5. The fourth-order valence-electron chi connectivity index (χ4n) is 7.99. The van der Waals surface area contributed by atoms with Gasteiger partial charge in [-0.25, -0.2) is 4.79 Å². The first-order chi connectivity index (χ1) is 23.8. The first kappa shape index (κ1) is 37.4. The fraction of sp³-hybridized carbons (Fsp3) is 0.500. The maximum Gasteiger partial charge on any atom is 0.330 e. The molecule has 1 saturated carbocycles. The Balaban J connectivity index is 1.60. The zero-order chi connectivity index (χ0) is 36.2. The zero-order valence-corrected chi connectivity index (χ0v) is 31.8. The highest BCUT2D eigenvalue weighted by molar-refractivity contribution is 6.14. The molecule has 3 aliphatic rings. The van der Waals surface area contributed by atoms with Gasteiger partial charge in [-0.2, -0.15) is 0 Å². The first-order valence-electron chi connectivity index (χ1n) is 18.9. The van der Waals surface area contributed by atoms with Gasteiger partial charge >= 0.3 is 5.97 Å². The van der Waals surface area contributed by atoms with E-state index in [1.165, 1.54) is 57.9 Å². The third kappa shape index (κ3) is 7.42. The molecule has 6 heteroatoms. The minimum Gasteiger partial charge on any atom is -0.480 e. The van der Waals surface area contributed by atoms with E-state index in [0.717, 1.165) is 62.8 Å². The lowest BCUT2D eigenvalue weighted by Crippen LogP contribution is -2.28. The van der Waals surface area contributed by atoms with Crippen LogP contribution in [-0.2, 0) is 15.6 Å². The lowest BCUT2D eigenvalue weighted by atomic mass is 9.82. The highest BCUT2D eigenvalue weighted by Gasteiger charge is 2.41. The van der Waals surface area contributed by atoms with E-state index in [0.29, 0.717) is 5.71 Å². The number of aliphatic hydroxyl groups excluding tert-OH is 1. The summed E-state index contributed by atoms with van der Waals surface area (Å²) in [5.41, 5.74) is 12.6. The van der Waals surface area contributed by atoms with Crippen LogP contribution in [0.3, 0.4) is 0 Å². The number of anilines is 2. The van der Waals surface area contributed by atoms with Gasteiger partial charge in [0.25, 0.3) is 0 Å². The highest BCUT2D eigenvalue weighted by Crippen LogP contribution is 2.49. The third-order valence-electron chi connectivity index (χ3n) is 10.9. The molecule has 0 spiro atoms. The van der Waals surface area contributed by atoms with Gasteiger partial charge in [0.05, 0.1) is 12.3 Å². The molecule has 50 heavy (non-hydrogen) atoms. The number of unbranched alkanes of at least 4 members (excludes halogenated alkanes) is 3. The van der Waals surface area contributed by atoms with Gasteiger partial charge in [0.15, 0.2) is 6.04 Å². The van der Waals surface area contributed by atoms with Gasteiger partial charge < -0.3 is 20.0 Å². The number of carboxylic acid groups (broad SMARTS) is 1. The van der Waals surface area contributed by atoms with Crippen molar-refractivity contribution in [2.45, 2.75) is 124 Å². The maximum absolute atomic E-state index is 12.2. The largest absolute Gasteiger partial charge is 0.480 e. The van der Waals surface area contributed by atoms with Crippen molar-refractivity contribution in [2.75, 3.05) is 29.5 Å². The second-order valence-corrected chi connectivity index (χ2v) is 15.5. The number of aliphatic carboxylic acids is 1. The van der Waals surface area contributed by atoms with Crippen LogP contribution in [0.15, 0.2) is 88.2 Å². The number of allylic oxidation sites excluding steroid dienone is 8. The van der Waals surface area contributed by atoms with Crippen molar-refractivity contribution >= 4 is 23.1 Å². The Kier molecular flexibility index (Phi) is 11.6. The summed E-state index contributed by atoms with van der Waals surface area (Å²) >= 11 is 0. The summed E-state index contributed by atoms with van der Waals surface area (Å²) < 4.78 is 0. The van der Waals surface area contributed by atoms with Gasteiger partial charge in [-0.05, 0) is 92.5 Å². The number of rotatable bonds is 12. The molecule has 1 unspecified atom stereocenters. The average molecular weight is 678 g/mol. The molecule has 0 amide bonds. The SMILES string of the molecule is CCCCCN1/C(=C\C=C2/CCCC(=CC=C3N(CCCC)c4ccc(C)cc4C3(C)C)C2=NC(CO)C(=O)O)C(C)(C)c2cc(C)ccc21. The van der Waals surface area contributed by atoms with E-state index < -0.39 is 18.6 Å². The molecule has 2 heterocycles. The predicted molar refractivity (Wildman–Crippen MR) is 210 cm³/mol. The molecule has 2 N–H and O–H groups in total. The van der Waals surface area contributed by atoms with Gasteiger partial charge in [0.1, 0.15) is 0 Å².